The number of nitrogens with zero attached hydrogens (tertiary/aromatic N) is 1. The molecule has 0 fully saturated rings. The SMILES string of the molecule is Cc1occc1CN(C)C(=O)C(N)CCS(C)(=O)=O. The minimum Gasteiger partial charge on any atom is -0.469 e. The monoisotopic (exact) mass is 288 g/mol. The molecule has 1 rings (SSSR count). The molecule has 1 aromatic heterocycles. The van der Waals surface area contributed by atoms with E-state index in [1.54, 1.807) is 19.4 Å². The molecular formula is C12H20N2O4S. The van der Waals surface area contributed by atoms with Crippen molar-refractivity contribution in [2.45, 2.75) is 25.9 Å². The van der Waals surface area contributed by atoms with E-state index in [0.717, 1.165) is 17.6 Å². The van der Waals surface area contributed by atoms with Crippen LogP contribution in [0.5, 0.6) is 0 Å². The molecule has 108 valence electrons. The van der Waals surface area contributed by atoms with Gasteiger partial charge in [0.05, 0.1) is 18.1 Å². The minimum absolute atomic E-state index is 0.0848. The summed E-state index contributed by atoms with van der Waals surface area (Å²) in [6, 6.07) is 0.994. The zero-order valence-electron chi connectivity index (χ0n) is 11.4. The molecule has 0 aliphatic carbocycles. The molecular weight excluding hydrogens is 268 g/mol. The lowest BCUT2D eigenvalue weighted by Gasteiger charge is -2.20. The van der Waals surface area contributed by atoms with Crippen molar-refractivity contribution in [1.82, 2.24) is 4.90 Å². The van der Waals surface area contributed by atoms with Crippen LogP contribution in [0, 0.1) is 6.92 Å². The van der Waals surface area contributed by atoms with E-state index in [4.69, 9.17) is 10.2 Å². The molecule has 1 unspecified atom stereocenters. The third kappa shape index (κ3) is 5.04. The maximum absolute atomic E-state index is 12.0. The summed E-state index contributed by atoms with van der Waals surface area (Å²) in [5, 5.41) is 0. The Kier molecular flexibility index (Phi) is 5.13. The lowest BCUT2D eigenvalue weighted by atomic mass is 10.2. The lowest BCUT2D eigenvalue weighted by Crippen LogP contribution is -2.42. The molecule has 1 amide bonds. The van der Waals surface area contributed by atoms with E-state index in [-0.39, 0.29) is 18.1 Å². The van der Waals surface area contributed by atoms with Crippen LogP contribution in [0.15, 0.2) is 16.7 Å². The normalized spacial score (nSPS) is 13.3. The number of rotatable bonds is 6. The minimum atomic E-state index is -3.10. The third-order valence-corrected chi connectivity index (χ3v) is 3.84. The molecule has 0 aliphatic rings. The summed E-state index contributed by atoms with van der Waals surface area (Å²) in [4.78, 5) is 13.4. The fraction of sp³-hybridized carbons (Fsp3) is 0.583. The number of furan rings is 1. The van der Waals surface area contributed by atoms with Gasteiger partial charge in [0.2, 0.25) is 5.91 Å². The number of hydrogen-bond acceptors (Lipinski definition) is 5. The highest BCUT2D eigenvalue weighted by Gasteiger charge is 2.20. The van der Waals surface area contributed by atoms with Gasteiger partial charge in [-0.2, -0.15) is 0 Å². The highest BCUT2D eigenvalue weighted by Crippen LogP contribution is 2.11. The number of carbonyl (C=O) groups is 1. The summed E-state index contributed by atoms with van der Waals surface area (Å²) >= 11 is 0. The van der Waals surface area contributed by atoms with E-state index in [2.05, 4.69) is 0 Å². The standard InChI is InChI=1S/C12H20N2O4S/c1-9-10(4-6-18-9)8-14(2)12(15)11(13)5-7-19(3,16)17/h4,6,11H,5,7-8,13H2,1-3H3. The average Bonchev–Trinajstić information content (AvgIpc) is 2.70. The zero-order chi connectivity index (χ0) is 14.6. The first kappa shape index (κ1) is 15.7. The van der Waals surface area contributed by atoms with Crippen molar-refractivity contribution in [3.63, 3.8) is 0 Å². The second-order valence-electron chi connectivity index (χ2n) is 4.72. The maximum atomic E-state index is 12.0. The van der Waals surface area contributed by atoms with Crippen LogP contribution in [0.3, 0.4) is 0 Å². The molecule has 0 bridgehead atoms. The van der Waals surface area contributed by atoms with Crippen LogP contribution < -0.4 is 5.73 Å². The van der Waals surface area contributed by atoms with Crippen LogP contribution in [0.25, 0.3) is 0 Å². The first-order chi connectivity index (χ1) is 8.70. The Morgan fingerprint density at radius 2 is 2.16 bits per heavy atom. The van der Waals surface area contributed by atoms with Crippen LogP contribution in [-0.4, -0.2) is 44.3 Å². The van der Waals surface area contributed by atoms with Crippen molar-refractivity contribution < 1.29 is 17.6 Å². The lowest BCUT2D eigenvalue weighted by molar-refractivity contribution is -0.131. The second kappa shape index (κ2) is 6.21. The summed E-state index contributed by atoms with van der Waals surface area (Å²) < 4.78 is 27.2. The van der Waals surface area contributed by atoms with Crippen molar-refractivity contribution >= 4 is 15.7 Å². The average molecular weight is 288 g/mol. The Bertz CT molecular complexity index is 536. The van der Waals surface area contributed by atoms with Gasteiger partial charge in [0.25, 0.3) is 0 Å². The van der Waals surface area contributed by atoms with Gasteiger partial charge in [-0.25, -0.2) is 8.42 Å². The smallest absolute Gasteiger partial charge is 0.239 e. The molecule has 1 heterocycles. The van der Waals surface area contributed by atoms with Gasteiger partial charge in [0.1, 0.15) is 15.6 Å². The van der Waals surface area contributed by atoms with Gasteiger partial charge in [-0.3, -0.25) is 4.79 Å². The molecule has 0 aliphatic heterocycles. The molecule has 6 nitrogen and oxygen atoms in total. The van der Waals surface area contributed by atoms with E-state index in [1.807, 2.05) is 6.92 Å². The van der Waals surface area contributed by atoms with E-state index >= 15 is 0 Å². The van der Waals surface area contributed by atoms with Crippen molar-refractivity contribution in [2.75, 3.05) is 19.1 Å². The molecule has 0 saturated heterocycles. The van der Waals surface area contributed by atoms with Crippen molar-refractivity contribution in [3.8, 4) is 0 Å². The Balaban J connectivity index is 2.54. The van der Waals surface area contributed by atoms with Gasteiger partial charge in [0, 0.05) is 25.4 Å². The van der Waals surface area contributed by atoms with Crippen LogP contribution in [-0.2, 0) is 21.2 Å². The van der Waals surface area contributed by atoms with Crippen LogP contribution >= 0.6 is 0 Å². The van der Waals surface area contributed by atoms with Gasteiger partial charge in [0.15, 0.2) is 0 Å². The Labute approximate surface area is 113 Å². The summed E-state index contributed by atoms with van der Waals surface area (Å²) in [7, 11) is -1.47. The first-order valence-corrected chi connectivity index (χ1v) is 7.98. The third-order valence-electron chi connectivity index (χ3n) is 2.87. The topological polar surface area (TPSA) is 93.6 Å². The second-order valence-corrected chi connectivity index (χ2v) is 6.98. The van der Waals surface area contributed by atoms with Crippen LogP contribution in [0.2, 0.25) is 0 Å². The van der Waals surface area contributed by atoms with Crippen molar-refractivity contribution in [2.24, 2.45) is 5.73 Å². The van der Waals surface area contributed by atoms with Gasteiger partial charge >= 0.3 is 0 Å². The van der Waals surface area contributed by atoms with E-state index in [1.165, 1.54) is 4.90 Å². The predicted octanol–water partition coefficient (Wildman–Crippen LogP) is 0.308. The number of aryl methyl sites for hydroxylation is 1. The number of sulfone groups is 1. The fourth-order valence-corrected chi connectivity index (χ4v) is 2.34. The summed E-state index contributed by atoms with van der Waals surface area (Å²) in [5.41, 5.74) is 6.62. The Morgan fingerprint density at radius 1 is 1.53 bits per heavy atom. The quantitative estimate of drug-likeness (QED) is 0.813. The Hall–Kier alpha value is -1.34. The van der Waals surface area contributed by atoms with Crippen LogP contribution in [0.1, 0.15) is 17.7 Å². The van der Waals surface area contributed by atoms with E-state index < -0.39 is 15.9 Å². The van der Waals surface area contributed by atoms with Crippen molar-refractivity contribution in [3.05, 3.63) is 23.7 Å². The molecule has 0 aromatic carbocycles. The number of likely N-dealkylation sites (N-methyl/N-ethyl adjacent to an activating group) is 1. The summed E-state index contributed by atoms with van der Waals surface area (Å²) in [6.45, 7) is 2.21. The van der Waals surface area contributed by atoms with Gasteiger partial charge in [-0.15, -0.1) is 0 Å². The number of hydrogen-bond donors (Lipinski definition) is 1. The van der Waals surface area contributed by atoms with Crippen LogP contribution in [0.4, 0.5) is 0 Å². The molecule has 2 N–H and O–H groups in total. The zero-order valence-corrected chi connectivity index (χ0v) is 12.2. The fourth-order valence-electron chi connectivity index (χ4n) is 1.66. The number of amides is 1. The molecule has 1 aromatic rings. The molecule has 1 atom stereocenters. The molecule has 19 heavy (non-hydrogen) atoms. The molecule has 0 spiro atoms. The van der Waals surface area contributed by atoms with Crippen molar-refractivity contribution in [1.29, 1.82) is 0 Å². The molecule has 7 heteroatoms. The van der Waals surface area contributed by atoms with E-state index in [9.17, 15) is 13.2 Å². The molecule has 0 saturated carbocycles. The molecule has 0 radical (unpaired) electrons. The van der Waals surface area contributed by atoms with Gasteiger partial charge in [-0.05, 0) is 19.4 Å². The Morgan fingerprint density at radius 3 is 2.63 bits per heavy atom. The number of carbonyl (C=O) groups excluding carboxylic acids is 1. The van der Waals surface area contributed by atoms with Gasteiger partial charge < -0.3 is 15.1 Å². The van der Waals surface area contributed by atoms with Gasteiger partial charge in [-0.1, -0.05) is 0 Å². The van der Waals surface area contributed by atoms with E-state index in [0.29, 0.717) is 6.54 Å². The first-order valence-electron chi connectivity index (χ1n) is 5.92. The summed E-state index contributed by atoms with van der Waals surface area (Å²) in [5.74, 6) is 0.395. The maximum Gasteiger partial charge on any atom is 0.239 e. The largest absolute Gasteiger partial charge is 0.469 e. The summed E-state index contributed by atoms with van der Waals surface area (Å²) in [6.07, 6.45) is 2.82. The number of nitrogens with two attached hydrogens (primary N) is 1. The highest BCUT2D eigenvalue weighted by atomic mass is 32.2. The highest BCUT2D eigenvalue weighted by molar-refractivity contribution is 7.90. The predicted molar refractivity (Wildman–Crippen MR) is 72.2 cm³/mol.